The molecule has 2 aliphatic rings. The Balaban J connectivity index is 1.40. The van der Waals surface area contributed by atoms with Crippen LogP contribution in [0.2, 0.25) is 0 Å². The number of hydrogen-bond donors (Lipinski definition) is 2. The lowest BCUT2D eigenvalue weighted by Gasteiger charge is -2.24. The first-order valence-electron chi connectivity index (χ1n) is 10.6. The average molecular weight is 392 g/mol. The predicted octanol–water partition coefficient (Wildman–Crippen LogP) is 4.34. The Labute approximate surface area is 172 Å². The fraction of sp³-hybridized carbons (Fsp3) is 0.417. The van der Waals surface area contributed by atoms with Crippen LogP contribution < -0.4 is 10.6 Å². The first-order valence-corrected chi connectivity index (χ1v) is 10.6. The topological polar surface area (TPSA) is 61.4 Å². The van der Waals surface area contributed by atoms with Gasteiger partial charge in [0.05, 0.1) is 17.3 Å². The van der Waals surface area contributed by atoms with E-state index in [0.29, 0.717) is 25.6 Å². The van der Waals surface area contributed by atoms with Gasteiger partial charge >= 0.3 is 0 Å². The van der Waals surface area contributed by atoms with Gasteiger partial charge in [-0.05, 0) is 43.0 Å². The number of rotatable bonds is 6. The molecule has 5 heteroatoms. The monoisotopic (exact) mass is 391 g/mol. The number of carbonyl (C=O) groups is 2. The van der Waals surface area contributed by atoms with Gasteiger partial charge < -0.3 is 15.5 Å². The second-order valence-corrected chi connectivity index (χ2v) is 8.20. The molecule has 2 amide bonds. The number of benzene rings is 2. The van der Waals surface area contributed by atoms with E-state index in [1.165, 1.54) is 24.0 Å². The molecule has 2 aromatic carbocycles. The van der Waals surface area contributed by atoms with E-state index in [1.54, 1.807) is 0 Å². The lowest BCUT2D eigenvalue weighted by atomic mass is 10.1. The average Bonchev–Trinajstić information content (AvgIpc) is 3.38. The molecule has 1 aliphatic carbocycles. The zero-order valence-electron chi connectivity index (χ0n) is 17.0. The summed E-state index contributed by atoms with van der Waals surface area (Å²) >= 11 is 0. The van der Waals surface area contributed by atoms with Crippen molar-refractivity contribution in [2.75, 3.05) is 17.2 Å². The van der Waals surface area contributed by atoms with E-state index >= 15 is 0 Å². The number of aryl methyl sites for hydroxylation is 1. The number of carbonyl (C=O) groups excluding carboxylic acids is 2. The molecular weight excluding hydrogens is 362 g/mol. The van der Waals surface area contributed by atoms with Crippen LogP contribution in [0.1, 0.15) is 43.2 Å². The minimum Gasteiger partial charge on any atom is -0.379 e. The Bertz CT molecular complexity index is 889. The molecule has 1 heterocycles. The van der Waals surface area contributed by atoms with E-state index in [-0.39, 0.29) is 17.7 Å². The Morgan fingerprint density at radius 3 is 2.48 bits per heavy atom. The first kappa shape index (κ1) is 19.5. The van der Waals surface area contributed by atoms with Crippen molar-refractivity contribution in [3.05, 3.63) is 59.7 Å². The van der Waals surface area contributed by atoms with Crippen LogP contribution in [0.5, 0.6) is 0 Å². The van der Waals surface area contributed by atoms with E-state index in [4.69, 9.17) is 0 Å². The third kappa shape index (κ3) is 4.44. The van der Waals surface area contributed by atoms with E-state index < -0.39 is 0 Å². The molecule has 29 heavy (non-hydrogen) atoms. The molecule has 2 fully saturated rings. The quantitative estimate of drug-likeness (QED) is 0.770. The maximum absolute atomic E-state index is 12.9. The number of amides is 2. The highest BCUT2D eigenvalue weighted by atomic mass is 16.2. The highest BCUT2D eigenvalue weighted by molar-refractivity contribution is 5.99. The van der Waals surface area contributed by atoms with Crippen LogP contribution in [0.25, 0.3) is 0 Å². The molecule has 1 aliphatic heterocycles. The van der Waals surface area contributed by atoms with E-state index in [9.17, 15) is 9.59 Å². The first-order chi connectivity index (χ1) is 14.1. The maximum Gasteiger partial charge on any atom is 0.229 e. The summed E-state index contributed by atoms with van der Waals surface area (Å²) < 4.78 is 0. The zero-order chi connectivity index (χ0) is 20.2. The number of nitrogens with zero attached hydrogens (tertiary/aromatic N) is 1. The number of likely N-dealkylation sites (tertiary alicyclic amines) is 1. The minimum atomic E-state index is -0.271. The lowest BCUT2D eigenvalue weighted by molar-refractivity contribution is -0.129. The Hall–Kier alpha value is -2.82. The summed E-state index contributed by atoms with van der Waals surface area (Å²) in [7, 11) is 0. The summed E-state index contributed by atoms with van der Waals surface area (Å²) in [6.45, 7) is 3.34. The predicted molar refractivity (Wildman–Crippen MR) is 116 cm³/mol. The van der Waals surface area contributed by atoms with Gasteiger partial charge in [-0.3, -0.25) is 9.59 Å². The summed E-state index contributed by atoms with van der Waals surface area (Å²) in [5.74, 6) is -0.209. The molecule has 0 radical (unpaired) electrons. The fourth-order valence-corrected chi connectivity index (χ4v) is 4.46. The summed E-state index contributed by atoms with van der Waals surface area (Å²) in [4.78, 5) is 27.2. The van der Waals surface area contributed by atoms with Gasteiger partial charge in [0.15, 0.2) is 0 Å². The van der Waals surface area contributed by atoms with E-state index in [2.05, 4.69) is 29.7 Å². The van der Waals surface area contributed by atoms with Crippen molar-refractivity contribution >= 4 is 23.2 Å². The molecule has 2 N–H and O–H groups in total. The highest BCUT2D eigenvalue weighted by Crippen LogP contribution is 2.30. The SMILES string of the molecule is Cc1ccccc1CNc1ccccc1NC(=O)[C@@H]1CC(=O)N(C2CCCC2)C1. The second-order valence-electron chi connectivity index (χ2n) is 8.20. The van der Waals surface area contributed by atoms with Gasteiger partial charge in [0.25, 0.3) is 0 Å². The number of nitrogens with one attached hydrogen (secondary N) is 2. The van der Waals surface area contributed by atoms with Crippen LogP contribution in [0.15, 0.2) is 48.5 Å². The standard InChI is InChI=1S/C24H29N3O2/c1-17-8-2-3-9-18(17)15-25-21-12-6-7-13-22(21)26-24(29)19-14-23(28)27(16-19)20-10-4-5-11-20/h2-3,6-9,12-13,19-20,25H,4-5,10-11,14-16H2,1H3,(H,26,29)/t19-/m1/s1. The second kappa shape index (κ2) is 8.68. The van der Waals surface area contributed by atoms with Crippen LogP contribution in [0, 0.1) is 12.8 Å². The van der Waals surface area contributed by atoms with Gasteiger partial charge in [0.1, 0.15) is 0 Å². The molecule has 152 valence electrons. The summed E-state index contributed by atoms with van der Waals surface area (Å²) in [6.07, 6.45) is 4.84. The highest BCUT2D eigenvalue weighted by Gasteiger charge is 2.38. The van der Waals surface area contributed by atoms with Crippen LogP contribution in [0.3, 0.4) is 0 Å². The third-order valence-electron chi connectivity index (χ3n) is 6.21. The van der Waals surface area contributed by atoms with Crippen molar-refractivity contribution in [1.29, 1.82) is 0 Å². The molecule has 0 aromatic heterocycles. The molecule has 1 saturated carbocycles. The molecule has 0 bridgehead atoms. The van der Waals surface area contributed by atoms with Crippen molar-refractivity contribution in [3.63, 3.8) is 0 Å². The Morgan fingerprint density at radius 2 is 1.72 bits per heavy atom. The molecule has 0 spiro atoms. The molecule has 0 unspecified atom stereocenters. The third-order valence-corrected chi connectivity index (χ3v) is 6.21. The largest absolute Gasteiger partial charge is 0.379 e. The lowest BCUT2D eigenvalue weighted by Crippen LogP contribution is -2.35. The van der Waals surface area contributed by atoms with Crippen molar-refractivity contribution in [2.24, 2.45) is 5.92 Å². The van der Waals surface area contributed by atoms with Crippen LogP contribution in [0.4, 0.5) is 11.4 Å². The maximum atomic E-state index is 12.9. The molecule has 4 rings (SSSR count). The smallest absolute Gasteiger partial charge is 0.229 e. The number of hydrogen-bond acceptors (Lipinski definition) is 3. The summed E-state index contributed by atoms with van der Waals surface area (Å²) in [5.41, 5.74) is 4.11. The van der Waals surface area contributed by atoms with E-state index in [0.717, 1.165) is 24.2 Å². The molecule has 2 aromatic rings. The van der Waals surface area contributed by atoms with Crippen LogP contribution in [-0.4, -0.2) is 29.3 Å². The van der Waals surface area contributed by atoms with Gasteiger partial charge in [-0.15, -0.1) is 0 Å². The number of para-hydroxylation sites is 2. The molecule has 1 atom stereocenters. The van der Waals surface area contributed by atoms with Gasteiger partial charge in [0, 0.05) is 25.6 Å². The van der Waals surface area contributed by atoms with Gasteiger partial charge in [-0.1, -0.05) is 49.2 Å². The van der Waals surface area contributed by atoms with Gasteiger partial charge in [-0.25, -0.2) is 0 Å². The molecular formula is C24H29N3O2. The summed E-state index contributed by atoms with van der Waals surface area (Å²) in [5, 5.41) is 6.49. The normalized spacial score (nSPS) is 19.6. The minimum absolute atomic E-state index is 0.0658. The van der Waals surface area contributed by atoms with E-state index in [1.807, 2.05) is 41.3 Å². The van der Waals surface area contributed by atoms with Crippen molar-refractivity contribution in [3.8, 4) is 0 Å². The molecule has 1 saturated heterocycles. The zero-order valence-corrected chi connectivity index (χ0v) is 17.0. The van der Waals surface area contributed by atoms with Gasteiger partial charge in [-0.2, -0.15) is 0 Å². The van der Waals surface area contributed by atoms with Crippen molar-refractivity contribution in [2.45, 2.75) is 51.6 Å². The van der Waals surface area contributed by atoms with Gasteiger partial charge in [0.2, 0.25) is 11.8 Å². The van der Waals surface area contributed by atoms with Crippen LogP contribution in [-0.2, 0) is 16.1 Å². The Morgan fingerprint density at radius 1 is 1.03 bits per heavy atom. The van der Waals surface area contributed by atoms with Crippen molar-refractivity contribution in [1.82, 2.24) is 4.90 Å². The van der Waals surface area contributed by atoms with Crippen molar-refractivity contribution < 1.29 is 9.59 Å². The Kier molecular flexibility index (Phi) is 5.84. The summed E-state index contributed by atoms with van der Waals surface area (Å²) in [6, 6.07) is 16.3. The van der Waals surface area contributed by atoms with Crippen LogP contribution >= 0.6 is 0 Å². The molecule has 5 nitrogen and oxygen atoms in total. The number of anilines is 2. The fourth-order valence-electron chi connectivity index (χ4n) is 4.46.